The van der Waals surface area contributed by atoms with Gasteiger partial charge in [-0.3, -0.25) is 14.5 Å². The van der Waals surface area contributed by atoms with E-state index in [0.717, 1.165) is 11.1 Å². The second-order valence-corrected chi connectivity index (χ2v) is 7.50. The predicted molar refractivity (Wildman–Crippen MR) is 119 cm³/mol. The Kier molecular flexibility index (Phi) is 8.79. The topological polar surface area (TPSA) is 105 Å². The second kappa shape index (κ2) is 11.5. The third kappa shape index (κ3) is 7.61. The molecule has 3 N–H and O–H groups in total. The highest BCUT2D eigenvalue weighted by molar-refractivity contribution is 5.90. The summed E-state index contributed by atoms with van der Waals surface area (Å²) in [6.45, 7) is 1.63. The number of hydrogen-bond donors (Lipinski definition) is 3. The summed E-state index contributed by atoms with van der Waals surface area (Å²) in [5, 5.41) is 23.7. The number of carbonyl (C=O) groups is 2. The molecular weight excluding hydrogens is 392 g/mol. The van der Waals surface area contributed by atoms with Crippen LogP contribution in [0.4, 0.5) is 0 Å². The molecule has 162 valence electrons. The predicted octanol–water partition coefficient (Wildman–Crippen LogP) is 2.11. The Labute approximate surface area is 183 Å². The fourth-order valence-corrected chi connectivity index (χ4v) is 2.92. The summed E-state index contributed by atoms with van der Waals surface area (Å²) in [6, 6.07) is 14.9. The zero-order chi connectivity index (χ0) is 22.8. The average molecular weight is 421 g/mol. The number of benzene rings is 2. The van der Waals surface area contributed by atoms with Crippen LogP contribution in [0.5, 0.6) is 5.75 Å². The number of amides is 2. The van der Waals surface area contributed by atoms with Gasteiger partial charge in [-0.15, -0.1) is 0 Å². The zero-order valence-electron chi connectivity index (χ0n) is 18.0. The van der Waals surface area contributed by atoms with Crippen LogP contribution in [0.3, 0.4) is 0 Å². The molecule has 2 atom stereocenters. The molecule has 0 radical (unpaired) electrons. The lowest BCUT2D eigenvalue weighted by atomic mass is 10.0. The Bertz CT molecular complexity index is 944. The number of likely N-dealkylation sites (N-methyl/N-ethyl adjacent to an activating group) is 1. The van der Waals surface area contributed by atoms with E-state index in [9.17, 15) is 14.7 Å². The summed E-state index contributed by atoms with van der Waals surface area (Å²) in [4.78, 5) is 26.8. The molecule has 0 fully saturated rings. The molecule has 0 aliphatic heterocycles. The number of allylic oxidation sites excluding steroid dienone is 1. The monoisotopic (exact) mass is 420 g/mol. The molecule has 0 aliphatic rings. The van der Waals surface area contributed by atoms with Gasteiger partial charge < -0.3 is 15.7 Å². The van der Waals surface area contributed by atoms with Crippen molar-refractivity contribution in [3.63, 3.8) is 0 Å². The van der Waals surface area contributed by atoms with E-state index in [-0.39, 0.29) is 17.6 Å². The first-order chi connectivity index (χ1) is 14.8. The van der Waals surface area contributed by atoms with Gasteiger partial charge in [-0.25, -0.2) is 0 Å². The third-order valence-corrected chi connectivity index (χ3v) is 4.82. The van der Waals surface area contributed by atoms with Crippen LogP contribution in [0.15, 0.2) is 60.8 Å². The van der Waals surface area contributed by atoms with Crippen molar-refractivity contribution in [3.05, 3.63) is 77.5 Å². The van der Waals surface area contributed by atoms with Crippen molar-refractivity contribution in [1.29, 1.82) is 5.26 Å². The Morgan fingerprint density at radius 3 is 2.26 bits per heavy atom. The lowest BCUT2D eigenvalue weighted by molar-refractivity contribution is -0.130. The van der Waals surface area contributed by atoms with E-state index in [1.54, 1.807) is 74.6 Å². The number of carbonyl (C=O) groups excluding carboxylic acids is 2. The highest BCUT2D eigenvalue weighted by Crippen LogP contribution is 2.13. The van der Waals surface area contributed by atoms with E-state index >= 15 is 0 Å². The van der Waals surface area contributed by atoms with Crippen LogP contribution < -0.4 is 10.6 Å². The van der Waals surface area contributed by atoms with Crippen LogP contribution in [0.25, 0.3) is 0 Å². The molecule has 2 aromatic carbocycles. The summed E-state index contributed by atoms with van der Waals surface area (Å²) in [7, 11) is 3.61. The summed E-state index contributed by atoms with van der Waals surface area (Å²) < 4.78 is 0. The van der Waals surface area contributed by atoms with E-state index in [0.29, 0.717) is 18.4 Å². The fraction of sp³-hybridized carbons (Fsp3) is 0.292. The maximum absolute atomic E-state index is 12.7. The smallest absolute Gasteiger partial charge is 0.246 e. The maximum Gasteiger partial charge on any atom is 0.246 e. The highest BCUT2D eigenvalue weighted by Gasteiger charge is 2.24. The number of phenolic OH excluding ortho intramolecular Hbond substituents is 1. The van der Waals surface area contributed by atoms with E-state index in [2.05, 4.69) is 16.7 Å². The summed E-state index contributed by atoms with van der Waals surface area (Å²) in [5.74, 6) is -0.388. The van der Waals surface area contributed by atoms with Gasteiger partial charge in [0.05, 0.1) is 17.7 Å². The van der Waals surface area contributed by atoms with E-state index in [4.69, 9.17) is 5.26 Å². The lowest BCUT2D eigenvalue weighted by Crippen LogP contribution is -2.51. The van der Waals surface area contributed by atoms with Crippen LogP contribution >= 0.6 is 0 Å². The molecule has 2 aromatic rings. The van der Waals surface area contributed by atoms with Crippen molar-refractivity contribution in [3.8, 4) is 11.8 Å². The van der Waals surface area contributed by atoms with Gasteiger partial charge in [-0.2, -0.15) is 5.26 Å². The second-order valence-electron chi connectivity index (χ2n) is 7.50. The normalized spacial score (nSPS) is 12.9. The minimum absolute atomic E-state index is 0.173. The van der Waals surface area contributed by atoms with Gasteiger partial charge in [0.25, 0.3) is 0 Å². The van der Waals surface area contributed by atoms with Gasteiger partial charge in [0.1, 0.15) is 11.8 Å². The van der Waals surface area contributed by atoms with E-state index < -0.39 is 12.1 Å². The summed E-state index contributed by atoms with van der Waals surface area (Å²) >= 11 is 0. The zero-order valence-corrected chi connectivity index (χ0v) is 18.0. The van der Waals surface area contributed by atoms with Gasteiger partial charge in [0, 0.05) is 6.20 Å². The molecular formula is C24H28N4O3. The van der Waals surface area contributed by atoms with Crippen molar-refractivity contribution in [2.45, 2.75) is 31.8 Å². The number of hydrogen-bond acceptors (Lipinski definition) is 5. The molecule has 0 heterocycles. The Balaban J connectivity index is 1.85. The molecule has 0 aromatic heterocycles. The first-order valence-corrected chi connectivity index (χ1v) is 9.99. The van der Waals surface area contributed by atoms with Crippen LogP contribution in [-0.2, 0) is 22.4 Å². The number of aromatic hydroxyl groups is 1. The number of phenols is 1. The van der Waals surface area contributed by atoms with Crippen LogP contribution in [-0.4, -0.2) is 48.0 Å². The van der Waals surface area contributed by atoms with Crippen molar-refractivity contribution in [2.24, 2.45) is 0 Å². The fourth-order valence-electron chi connectivity index (χ4n) is 2.92. The van der Waals surface area contributed by atoms with Gasteiger partial charge in [0.2, 0.25) is 11.8 Å². The Morgan fingerprint density at radius 1 is 1.06 bits per heavy atom. The molecule has 0 aliphatic carbocycles. The molecule has 0 saturated heterocycles. The van der Waals surface area contributed by atoms with Crippen molar-refractivity contribution >= 4 is 11.8 Å². The molecule has 2 rings (SSSR count). The first kappa shape index (κ1) is 23.6. The molecule has 0 bridgehead atoms. The van der Waals surface area contributed by atoms with Gasteiger partial charge >= 0.3 is 0 Å². The van der Waals surface area contributed by atoms with Crippen LogP contribution in [0.1, 0.15) is 23.6 Å². The molecule has 0 unspecified atom stereocenters. The largest absolute Gasteiger partial charge is 0.508 e. The van der Waals surface area contributed by atoms with Crippen molar-refractivity contribution in [2.75, 3.05) is 14.1 Å². The number of rotatable bonds is 9. The number of nitriles is 1. The Hall–Kier alpha value is -3.63. The SMILES string of the molecule is C[C@@H](NC(=O)[C@H](Cc1ccc(O)cc1)N(C)C)C(=O)NC=CCc1ccc(C#N)cc1. The van der Waals surface area contributed by atoms with E-state index in [1.165, 1.54) is 0 Å². The lowest BCUT2D eigenvalue weighted by Gasteiger charge is -2.25. The van der Waals surface area contributed by atoms with Crippen LogP contribution in [0, 0.1) is 11.3 Å². The van der Waals surface area contributed by atoms with Crippen molar-refractivity contribution in [1.82, 2.24) is 15.5 Å². The van der Waals surface area contributed by atoms with Crippen LogP contribution in [0.2, 0.25) is 0 Å². The minimum atomic E-state index is -0.700. The van der Waals surface area contributed by atoms with Crippen molar-refractivity contribution < 1.29 is 14.7 Å². The van der Waals surface area contributed by atoms with Gasteiger partial charge in [-0.05, 0) is 69.3 Å². The molecule has 7 heteroatoms. The standard InChI is InChI=1S/C24H28N4O3/c1-17(23(30)26-14-4-5-18-6-8-20(16-25)9-7-18)27-24(31)22(28(2)3)15-19-10-12-21(29)13-11-19/h4,6-14,17,22,29H,5,15H2,1-3H3,(H,26,30)(H,27,31)/t17-,22+/m1/s1. The summed E-state index contributed by atoms with van der Waals surface area (Å²) in [5.41, 5.74) is 2.54. The minimum Gasteiger partial charge on any atom is -0.508 e. The highest BCUT2D eigenvalue weighted by atomic mass is 16.3. The molecule has 7 nitrogen and oxygen atoms in total. The maximum atomic E-state index is 12.7. The number of nitrogens with zero attached hydrogens (tertiary/aromatic N) is 2. The number of nitrogens with one attached hydrogen (secondary N) is 2. The molecule has 2 amide bonds. The third-order valence-electron chi connectivity index (χ3n) is 4.82. The molecule has 0 spiro atoms. The first-order valence-electron chi connectivity index (χ1n) is 9.99. The van der Waals surface area contributed by atoms with Gasteiger partial charge in [0.15, 0.2) is 0 Å². The van der Waals surface area contributed by atoms with E-state index in [1.807, 2.05) is 12.1 Å². The average Bonchev–Trinajstić information content (AvgIpc) is 2.76. The molecule has 0 saturated carbocycles. The quantitative estimate of drug-likeness (QED) is 0.576. The van der Waals surface area contributed by atoms with Gasteiger partial charge in [-0.1, -0.05) is 30.3 Å². The summed E-state index contributed by atoms with van der Waals surface area (Å²) in [6.07, 6.45) is 4.43. The molecule has 31 heavy (non-hydrogen) atoms. The Morgan fingerprint density at radius 2 is 1.68 bits per heavy atom.